The number of aromatic amines is 1. The van der Waals surface area contributed by atoms with E-state index in [0.717, 1.165) is 35.6 Å². The lowest BCUT2D eigenvalue weighted by molar-refractivity contribution is -0.126. The fraction of sp³-hybridized carbons (Fsp3) is 0.250. The molecule has 0 aliphatic carbocycles. The Morgan fingerprint density at radius 2 is 2.11 bits per heavy atom. The van der Waals surface area contributed by atoms with E-state index in [1.54, 1.807) is 43.3 Å². The van der Waals surface area contributed by atoms with E-state index in [1.807, 2.05) is 24.0 Å². The number of aromatic nitrogens is 5. The van der Waals surface area contributed by atoms with E-state index in [1.165, 1.54) is 0 Å². The average molecular weight is 375 g/mol. The summed E-state index contributed by atoms with van der Waals surface area (Å²) in [5, 5.41) is 3.28. The van der Waals surface area contributed by atoms with Crippen molar-refractivity contribution in [3.05, 3.63) is 66.3 Å². The number of amides is 1. The number of carbonyl (C=O) groups is 1. The van der Waals surface area contributed by atoms with Crippen LogP contribution in [-0.4, -0.2) is 42.3 Å². The Bertz CT molecular complexity index is 984. The summed E-state index contributed by atoms with van der Waals surface area (Å²) in [7, 11) is 0. The maximum Gasteiger partial charge on any atom is 0.247 e. The zero-order valence-corrected chi connectivity index (χ0v) is 15.5. The van der Waals surface area contributed by atoms with Gasteiger partial charge in [0.25, 0.3) is 0 Å². The van der Waals surface area contributed by atoms with Crippen LogP contribution in [0.1, 0.15) is 35.8 Å². The van der Waals surface area contributed by atoms with Gasteiger partial charge in [0.05, 0.1) is 24.3 Å². The van der Waals surface area contributed by atoms with Crippen molar-refractivity contribution in [2.75, 3.05) is 11.9 Å². The second-order valence-electron chi connectivity index (χ2n) is 6.61. The molecule has 28 heavy (non-hydrogen) atoms. The highest BCUT2D eigenvalue weighted by atomic mass is 16.2. The number of hydrogen-bond donors (Lipinski definition) is 2. The lowest BCUT2D eigenvalue weighted by Crippen LogP contribution is -2.30. The largest absolute Gasteiger partial charge is 0.345 e. The number of nitrogens with one attached hydrogen (secondary N) is 2. The number of likely N-dealkylation sites (tertiary alicyclic amines) is 1. The van der Waals surface area contributed by atoms with Gasteiger partial charge >= 0.3 is 0 Å². The van der Waals surface area contributed by atoms with E-state index in [-0.39, 0.29) is 11.9 Å². The molecule has 0 radical (unpaired) electrons. The van der Waals surface area contributed by atoms with Crippen LogP contribution in [0.3, 0.4) is 0 Å². The SMILES string of the molecule is Cc1cccnc1Nc1nccnc1C1CCCN1C(=O)/C=C/c1cnc[nH]1. The van der Waals surface area contributed by atoms with Crippen LogP contribution in [0.4, 0.5) is 11.6 Å². The Kier molecular flexibility index (Phi) is 5.09. The first-order valence-electron chi connectivity index (χ1n) is 9.19. The smallest absolute Gasteiger partial charge is 0.247 e. The number of nitrogens with zero attached hydrogens (tertiary/aromatic N) is 5. The van der Waals surface area contributed by atoms with E-state index >= 15 is 0 Å². The Morgan fingerprint density at radius 3 is 2.93 bits per heavy atom. The first-order valence-corrected chi connectivity index (χ1v) is 9.19. The molecule has 0 bridgehead atoms. The molecule has 1 unspecified atom stereocenters. The molecular formula is C20H21N7O. The third kappa shape index (κ3) is 3.75. The zero-order valence-electron chi connectivity index (χ0n) is 15.5. The van der Waals surface area contributed by atoms with Crippen LogP contribution in [0.5, 0.6) is 0 Å². The van der Waals surface area contributed by atoms with Gasteiger partial charge < -0.3 is 15.2 Å². The number of rotatable bonds is 5. The quantitative estimate of drug-likeness (QED) is 0.665. The number of pyridine rings is 1. The fourth-order valence-electron chi connectivity index (χ4n) is 3.35. The number of aryl methyl sites for hydroxylation is 1. The number of anilines is 2. The number of carbonyl (C=O) groups excluding carboxylic acids is 1. The van der Waals surface area contributed by atoms with E-state index in [4.69, 9.17) is 0 Å². The van der Waals surface area contributed by atoms with Crippen molar-refractivity contribution in [2.45, 2.75) is 25.8 Å². The van der Waals surface area contributed by atoms with Crippen LogP contribution in [0.2, 0.25) is 0 Å². The van der Waals surface area contributed by atoms with Crippen LogP contribution < -0.4 is 5.32 Å². The molecular weight excluding hydrogens is 354 g/mol. The molecule has 1 aliphatic rings. The van der Waals surface area contributed by atoms with Crippen molar-refractivity contribution in [1.82, 2.24) is 29.8 Å². The summed E-state index contributed by atoms with van der Waals surface area (Å²) in [6.07, 6.45) is 13.4. The molecule has 0 aromatic carbocycles. The average Bonchev–Trinajstić information content (AvgIpc) is 3.40. The van der Waals surface area contributed by atoms with Crippen LogP contribution in [0.15, 0.2) is 49.3 Å². The van der Waals surface area contributed by atoms with Crippen molar-refractivity contribution < 1.29 is 4.79 Å². The lowest BCUT2D eigenvalue weighted by Gasteiger charge is -2.24. The van der Waals surface area contributed by atoms with Crippen molar-refractivity contribution in [2.24, 2.45) is 0 Å². The fourth-order valence-corrected chi connectivity index (χ4v) is 3.35. The molecule has 8 heteroatoms. The van der Waals surface area contributed by atoms with Gasteiger partial charge in [-0.15, -0.1) is 0 Å². The van der Waals surface area contributed by atoms with Gasteiger partial charge in [0.15, 0.2) is 5.82 Å². The van der Waals surface area contributed by atoms with Crippen molar-refractivity contribution in [1.29, 1.82) is 0 Å². The molecule has 3 aromatic heterocycles. The van der Waals surface area contributed by atoms with Gasteiger partial charge in [0.2, 0.25) is 5.91 Å². The second-order valence-corrected chi connectivity index (χ2v) is 6.61. The molecule has 4 rings (SSSR count). The summed E-state index contributed by atoms with van der Waals surface area (Å²) in [6.45, 7) is 2.67. The summed E-state index contributed by atoms with van der Waals surface area (Å²) < 4.78 is 0. The number of hydrogen-bond acceptors (Lipinski definition) is 6. The number of imidazole rings is 1. The van der Waals surface area contributed by atoms with Gasteiger partial charge in [-0.05, 0) is 37.5 Å². The third-order valence-electron chi connectivity index (χ3n) is 4.75. The molecule has 142 valence electrons. The van der Waals surface area contributed by atoms with Crippen LogP contribution in [0.25, 0.3) is 6.08 Å². The summed E-state index contributed by atoms with van der Waals surface area (Å²) in [6, 6.07) is 3.75. The first-order chi connectivity index (χ1) is 13.7. The van der Waals surface area contributed by atoms with Crippen molar-refractivity contribution in [3.63, 3.8) is 0 Å². The van der Waals surface area contributed by atoms with Gasteiger partial charge in [-0.1, -0.05) is 6.07 Å². The molecule has 1 fully saturated rings. The minimum Gasteiger partial charge on any atom is -0.345 e. The highest BCUT2D eigenvalue weighted by Crippen LogP contribution is 2.35. The topological polar surface area (TPSA) is 99.7 Å². The number of H-pyrrole nitrogens is 1. The third-order valence-corrected chi connectivity index (χ3v) is 4.75. The van der Waals surface area contributed by atoms with Gasteiger partial charge in [0.1, 0.15) is 11.5 Å². The summed E-state index contributed by atoms with van der Waals surface area (Å²) in [4.78, 5) is 34.9. The van der Waals surface area contributed by atoms with Gasteiger partial charge in [-0.25, -0.2) is 15.0 Å². The van der Waals surface area contributed by atoms with Crippen LogP contribution in [0, 0.1) is 6.92 Å². The van der Waals surface area contributed by atoms with Gasteiger partial charge in [-0.2, -0.15) is 0 Å². The van der Waals surface area contributed by atoms with E-state index in [9.17, 15) is 4.79 Å². The maximum absolute atomic E-state index is 12.8. The predicted molar refractivity (Wildman–Crippen MR) is 106 cm³/mol. The Labute approximate surface area is 162 Å². The normalized spacial score (nSPS) is 16.6. The molecule has 1 amide bonds. The Morgan fingerprint density at radius 1 is 1.25 bits per heavy atom. The second kappa shape index (κ2) is 7.99. The van der Waals surface area contributed by atoms with Crippen molar-refractivity contribution >= 4 is 23.6 Å². The highest BCUT2D eigenvalue weighted by Gasteiger charge is 2.32. The maximum atomic E-state index is 12.8. The predicted octanol–water partition coefficient (Wildman–Crippen LogP) is 3.02. The molecule has 1 atom stereocenters. The van der Waals surface area contributed by atoms with Gasteiger partial charge in [0, 0.05) is 31.2 Å². The van der Waals surface area contributed by atoms with E-state index in [0.29, 0.717) is 12.4 Å². The standard InChI is InChI=1S/C20H21N7O/c1-14-4-2-8-23-19(14)26-20-18(22-9-10-24-20)16-5-3-11-27(16)17(28)7-6-15-12-21-13-25-15/h2,4,6-10,12-13,16H,3,5,11H2,1H3,(H,21,25)(H,23,24,26)/b7-6+. The molecule has 1 aliphatic heterocycles. The van der Waals surface area contributed by atoms with Crippen LogP contribution >= 0.6 is 0 Å². The summed E-state index contributed by atoms with van der Waals surface area (Å²) >= 11 is 0. The van der Waals surface area contributed by atoms with Crippen LogP contribution in [-0.2, 0) is 4.79 Å². The first kappa shape index (κ1) is 17.8. The van der Waals surface area contributed by atoms with E-state index in [2.05, 4.69) is 30.2 Å². The minimum atomic E-state index is -0.126. The van der Waals surface area contributed by atoms with Crippen molar-refractivity contribution in [3.8, 4) is 0 Å². The molecule has 2 N–H and O–H groups in total. The van der Waals surface area contributed by atoms with E-state index < -0.39 is 0 Å². The Hall–Kier alpha value is -3.55. The minimum absolute atomic E-state index is 0.0530. The summed E-state index contributed by atoms with van der Waals surface area (Å²) in [5.74, 6) is 1.31. The van der Waals surface area contributed by atoms with Gasteiger partial charge in [-0.3, -0.25) is 9.78 Å². The Balaban J connectivity index is 1.58. The molecule has 8 nitrogen and oxygen atoms in total. The lowest BCUT2D eigenvalue weighted by atomic mass is 10.1. The molecule has 4 heterocycles. The molecule has 0 spiro atoms. The molecule has 3 aromatic rings. The zero-order chi connectivity index (χ0) is 19.3. The monoisotopic (exact) mass is 375 g/mol. The molecule has 0 saturated carbocycles. The molecule has 1 saturated heterocycles. The highest BCUT2D eigenvalue weighted by molar-refractivity contribution is 5.92. The summed E-state index contributed by atoms with van der Waals surface area (Å²) in [5.41, 5.74) is 2.56.